The van der Waals surface area contributed by atoms with Crippen molar-refractivity contribution < 1.29 is 4.79 Å². The summed E-state index contributed by atoms with van der Waals surface area (Å²) in [6.45, 7) is 16.4. The van der Waals surface area contributed by atoms with Crippen molar-refractivity contribution in [2.45, 2.75) is 73.0 Å². The van der Waals surface area contributed by atoms with E-state index < -0.39 is 0 Å². The van der Waals surface area contributed by atoms with Gasteiger partial charge in [0.15, 0.2) is 0 Å². The lowest BCUT2D eigenvalue weighted by Gasteiger charge is -2.41. The van der Waals surface area contributed by atoms with Gasteiger partial charge in [-0.15, -0.1) is 0 Å². The molecule has 5 nitrogen and oxygen atoms in total. The Labute approximate surface area is 175 Å². The second kappa shape index (κ2) is 8.70. The van der Waals surface area contributed by atoms with Crippen molar-refractivity contribution in [3.8, 4) is 0 Å². The molecule has 0 saturated carbocycles. The molecule has 0 radical (unpaired) electrons. The maximum atomic E-state index is 12.7. The van der Waals surface area contributed by atoms with Gasteiger partial charge in [-0.05, 0) is 51.2 Å². The molecule has 158 valence electrons. The third-order valence-electron chi connectivity index (χ3n) is 6.11. The van der Waals surface area contributed by atoms with Crippen molar-refractivity contribution in [2.24, 2.45) is 5.92 Å². The molecule has 0 bridgehead atoms. The summed E-state index contributed by atoms with van der Waals surface area (Å²) in [6, 6.07) is 8.68. The molecule has 1 N–H and O–H groups in total. The molecule has 3 rings (SSSR count). The maximum Gasteiger partial charge on any atom is 0.224 e. The molecular weight excluding hydrogens is 360 g/mol. The van der Waals surface area contributed by atoms with Gasteiger partial charge in [0.05, 0.1) is 12.1 Å². The number of aromatic nitrogens is 2. The van der Waals surface area contributed by atoms with Gasteiger partial charge in [0.1, 0.15) is 0 Å². The van der Waals surface area contributed by atoms with Crippen LogP contribution in [0.2, 0.25) is 0 Å². The van der Waals surface area contributed by atoms with E-state index in [2.05, 4.69) is 74.2 Å². The predicted octanol–water partition coefficient (Wildman–Crippen LogP) is 3.65. The largest absolute Gasteiger partial charge is 0.354 e. The summed E-state index contributed by atoms with van der Waals surface area (Å²) in [6.07, 6.45) is 1.47. The molecule has 1 aliphatic heterocycles. The Balaban J connectivity index is 1.58. The van der Waals surface area contributed by atoms with E-state index in [1.54, 1.807) is 0 Å². The minimum Gasteiger partial charge on any atom is -0.354 e. The quantitative estimate of drug-likeness (QED) is 0.777. The summed E-state index contributed by atoms with van der Waals surface area (Å²) in [5.74, 6) is 0.607. The molecule has 29 heavy (non-hydrogen) atoms. The summed E-state index contributed by atoms with van der Waals surface area (Å²) in [5.41, 5.74) is 5.90. The first-order valence-corrected chi connectivity index (χ1v) is 10.8. The molecule has 1 amide bonds. The molecule has 0 saturated heterocycles. The fraction of sp³-hybridized carbons (Fsp3) is 0.583. The fourth-order valence-corrected chi connectivity index (χ4v) is 4.18. The van der Waals surface area contributed by atoms with Gasteiger partial charge >= 0.3 is 0 Å². The monoisotopic (exact) mass is 396 g/mol. The van der Waals surface area contributed by atoms with Gasteiger partial charge in [-0.25, -0.2) is 0 Å². The highest BCUT2D eigenvalue weighted by Gasteiger charge is 2.30. The Morgan fingerprint density at radius 3 is 2.59 bits per heavy atom. The minimum absolute atomic E-state index is 0.0748. The average Bonchev–Trinajstić information content (AvgIpc) is 2.93. The molecule has 5 heteroatoms. The van der Waals surface area contributed by atoms with Crippen LogP contribution in [0.15, 0.2) is 24.3 Å². The third-order valence-corrected chi connectivity index (χ3v) is 6.11. The van der Waals surface area contributed by atoms with Crippen LogP contribution < -0.4 is 5.32 Å². The summed E-state index contributed by atoms with van der Waals surface area (Å²) in [7, 11) is 0. The highest BCUT2D eigenvalue weighted by atomic mass is 16.1. The van der Waals surface area contributed by atoms with E-state index in [1.165, 1.54) is 11.1 Å². The first kappa shape index (κ1) is 21.6. The van der Waals surface area contributed by atoms with E-state index >= 15 is 0 Å². The van der Waals surface area contributed by atoms with Gasteiger partial charge in [-0.3, -0.25) is 14.4 Å². The van der Waals surface area contributed by atoms with Crippen molar-refractivity contribution in [3.05, 3.63) is 52.3 Å². The van der Waals surface area contributed by atoms with Crippen molar-refractivity contribution in [1.82, 2.24) is 20.0 Å². The number of aryl methyl sites for hydroxylation is 1. The zero-order valence-corrected chi connectivity index (χ0v) is 18.9. The molecule has 1 aliphatic rings. The Bertz CT molecular complexity index is 866. The number of hydrogen-bond acceptors (Lipinski definition) is 3. The van der Waals surface area contributed by atoms with Gasteiger partial charge < -0.3 is 5.32 Å². The van der Waals surface area contributed by atoms with E-state index in [0.717, 1.165) is 43.0 Å². The standard InChI is InChI=1S/C24H36N4O/c1-17(2)14-28-19(4)22(18(3)26-28)13-23(29)25-16-24(5,6)27-12-11-20-9-7-8-10-21(20)15-27/h7-10,17H,11-16H2,1-6H3,(H,25,29). The van der Waals surface area contributed by atoms with Gasteiger partial charge in [-0.2, -0.15) is 5.10 Å². The molecule has 0 atom stereocenters. The molecule has 2 aromatic rings. The van der Waals surface area contributed by atoms with Gasteiger partial charge in [0.25, 0.3) is 0 Å². The predicted molar refractivity (Wildman–Crippen MR) is 118 cm³/mol. The second-order valence-electron chi connectivity index (χ2n) is 9.43. The highest BCUT2D eigenvalue weighted by molar-refractivity contribution is 5.79. The number of rotatable bonds is 7. The average molecular weight is 397 g/mol. The van der Waals surface area contributed by atoms with Crippen molar-refractivity contribution in [2.75, 3.05) is 13.1 Å². The smallest absolute Gasteiger partial charge is 0.224 e. The van der Waals surface area contributed by atoms with E-state index in [0.29, 0.717) is 18.9 Å². The molecule has 1 aromatic heterocycles. The molecule has 1 aromatic carbocycles. The van der Waals surface area contributed by atoms with Crippen LogP contribution in [-0.4, -0.2) is 39.2 Å². The maximum absolute atomic E-state index is 12.7. The number of nitrogens with one attached hydrogen (secondary N) is 1. The van der Waals surface area contributed by atoms with Gasteiger partial charge in [0.2, 0.25) is 5.91 Å². The fourth-order valence-electron chi connectivity index (χ4n) is 4.18. The minimum atomic E-state index is -0.0882. The number of benzene rings is 1. The Morgan fingerprint density at radius 1 is 1.21 bits per heavy atom. The molecule has 0 spiro atoms. The Hall–Kier alpha value is -2.14. The number of amides is 1. The van der Waals surface area contributed by atoms with E-state index in [1.807, 2.05) is 11.6 Å². The first-order valence-electron chi connectivity index (χ1n) is 10.8. The van der Waals surface area contributed by atoms with Crippen LogP contribution >= 0.6 is 0 Å². The molecule has 0 unspecified atom stereocenters. The Morgan fingerprint density at radius 2 is 1.90 bits per heavy atom. The lowest BCUT2D eigenvalue weighted by Crippen LogP contribution is -2.53. The molecule has 2 heterocycles. The summed E-state index contributed by atoms with van der Waals surface area (Å²) in [5, 5.41) is 7.82. The van der Waals surface area contributed by atoms with Crippen molar-refractivity contribution >= 4 is 5.91 Å². The lowest BCUT2D eigenvalue weighted by atomic mass is 9.94. The van der Waals surface area contributed by atoms with Crippen LogP contribution in [0.25, 0.3) is 0 Å². The van der Waals surface area contributed by atoms with E-state index in [-0.39, 0.29) is 11.4 Å². The summed E-state index contributed by atoms with van der Waals surface area (Å²) in [4.78, 5) is 15.2. The summed E-state index contributed by atoms with van der Waals surface area (Å²) >= 11 is 0. The van der Waals surface area contributed by atoms with Crippen LogP contribution in [0.1, 0.15) is 55.8 Å². The number of carbonyl (C=O) groups excluding carboxylic acids is 1. The van der Waals surface area contributed by atoms with E-state index in [4.69, 9.17) is 0 Å². The second-order valence-corrected chi connectivity index (χ2v) is 9.43. The topological polar surface area (TPSA) is 50.2 Å². The number of hydrogen-bond donors (Lipinski definition) is 1. The zero-order valence-electron chi connectivity index (χ0n) is 18.9. The van der Waals surface area contributed by atoms with Crippen LogP contribution in [0.5, 0.6) is 0 Å². The first-order chi connectivity index (χ1) is 13.7. The highest BCUT2D eigenvalue weighted by Crippen LogP contribution is 2.25. The number of nitrogens with zero attached hydrogens (tertiary/aromatic N) is 3. The van der Waals surface area contributed by atoms with Crippen LogP contribution in [0.4, 0.5) is 0 Å². The van der Waals surface area contributed by atoms with Gasteiger partial charge in [0, 0.05) is 43.0 Å². The molecule has 0 fully saturated rings. The SMILES string of the molecule is Cc1nn(CC(C)C)c(C)c1CC(=O)NCC(C)(C)N1CCc2ccccc2C1. The van der Waals surface area contributed by atoms with Gasteiger partial charge in [-0.1, -0.05) is 38.1 Å². The molecule has 0 aliphatic carbocycles. The van der Waals surface area contributed by atoms with Crippen LogP contribution in [-0.2, 0) is 30.7 Å². The van der Waals surface area contributed by atoms with Crippen molar-refractivity contribution in [1.29, 1.82) is 0 Å². The third kappa shape index (κ3) is 5.08. The summed E-state index contributed by atoms with van der Waals surface area (Å²) < 4.78 is 2.04. The Kier molecular flexibility index (Phi) is 6.47. The zero-order chi connectivity index (χ0) is 21.2. The lowest BCUT2D eigenvalue weighted by molar-refractivity contribution is -0.121. The van der Waals surface area contributed by atoms with Crippen molar-refractivity contribution in [3.63, 3.8) is 0 Å². The normalized spacial score (nSPS) is 14.9. The van der Waals surface area contributed by atoms with Crippen LogP contribution in [0.3, 0.4) is 0 Å². The number of fused-ring (bicyclic) bond motifs is 1. The van der Waals surface area contributed by atoms with Crippen LogP contribution in [0, 0.1) is 19.8 Å². The molecular formula is C24H36N4O. The van der Waals surface area contributed by atoms with E-state index in [9.17, 15) is 4.79 Å². The number of carbonyl (C=O) groups is 1.